The summed E-state index contributed by atoms with van der Waals surface area (Å²) in [5, 5.41) is 32.9. The van der Waals surface area contributed by atoms with Gasteiger partial charge in [0, 0.05) is 56.6 Å². The Morgan fingerprint density at radius 3 is 2.49 bits per heavy atom. The summed E-state index contributed by atoms with van der Waals surface area (Å²) in [6.45, 7) is 0.925. The quantitative estimate of drug-likeness (QED) is 0.131. The van der Waals surface area contributed by atoms with Crippen LogP contribution in [0.15, 0.2) is 103 Å². The molecule has 1 saturated heterocycles. The Bertz CT molecular complexity index is 2170. The predicted molar refractivity (Wildman–Crippen MR) is 195 cm³/mol. The molecule has 0 bridgehead atoms. The standard InChI is InChI=1S/C40H41N8O4.K/c1-46(24-27-11-3-2-4-12-27)40(52)34(22-28-18-19-29-13-5-6-14-30(29)21-28)41-38(50)36-23-31(49)25-48(36)39(51)33-26-47(35-16-8-7-15-32(33)35)20-10-9-17-37-42-44-45-43-37;/h2-8,11-16,18-19,21,26,31,34,36H,9-10,17,20,22-25H2,1H3,(H,41,50)(H,42,43,44,45);/q-1;+1/t31-,34+,36-;/m0./s1. The number of aromatic amines is 1. The Kier molecular flexibility index (Phi) is 12.9. The second-order valence-electron chi connectivity index (χ2n) is 13.5. The molecule has 2 aromatic heterocycles. The number of tetrazole rings is 1. The van der Waals surface area contributed by atoms with E-state index in [0.717, 1.165) is 45.6 Å². The van der Waals surface area contributed by atoms with Crippen LogP contribution in [0.2, 0.25) is 0 Å². The van der Waals surface area contributed by atoms with E-state index in [4.69, 9.17) is 0 Å². The summed E-state index contributed by atoms with van der Waals surface area (Å²) in [6, 6.07) is 29.3. The van der Waals surface area contributed by atoms with E-state index < -0.39 is 24.1 Å². The summed E-state index contributed by atoms with van der Waals surface area (Å²) in [7, 11) is 1.72. The third kappa shape index (κ3) is 9.11. The number of benzene rings is 4. The summed E-state index contributed by atoms with van der Waals surface area (Å²) in [4.78, 5) is 45.4. The van der Waals surface area contributed by atoms with Gasteiger partial charge in [-0.15, -0.1) is 16.3 Å². The van der Waals surface area contributed by atoms with Crippen molar-refractivity contribution in [2.45, 2.75) is 63.4 Å². The second kappa shape index (κ2) is 17.7. The van der Waals surface area contributed by atoms with Crippen LogP contribution in [-0.2, 0) is 35.5 Å². The fraction of sp³-hybridized carbons (Fsp3) is 0.300. The van der Waals surface area contributed by atoms with E-state index in [9.17, 15) is 19.5 Å². The maximum atomic E-state index is 14.3. The summed E-state index contributed by atoms with van der Waals surface area (Å²) in [5.74, 6) is -0.492. The topological polar surface area (TPSA) is 152 Å². The fourth-order valence-corrected chi connectivity index (χ4v) is 7.15. The van der Waals surface area contributed by atoms with Gasteiger partial charge in [-0.05, 0) is 47.2 Å². The molecular formula is C40H41KN8O4. The molecular weight excluding hydrogens is 696 g/mol. The molecule has 266 valence electrons. The Balaban J connectivity index is 0.00000481. The van der Waals surface area contributed by atoms with Gasteiger partial charge in [0.15, 0.2) is 5.82 Å². The van der Waals surface area contributed by atoms with Crippen LogP contribution in [0.5, 0.6) is 0 Å². The average molecular weight is 737 g/mol. The van der Waals surface area contributed by atoms with Crippen LogP contribution in [-0.4, -0.2) is 84.5 Å². The van der Waals surface area contributed by atoms with Gasteiger partial charge < -0.3 is 24.8 Å². The van der Waals surface area contributed by atoms with Crippen molar-refractivity contribution in [1.29, 1.82) is 0 Å². The van der Waals surface area contributed by atoms with Crippen molar-refractivity contribution in [2.24, 2.45) is 0 Å². The largest absolute Gasteiger partial charge is 1.00 e. The third-order valence-electron chi connectivity index (χ3n) is 9.79. The van der Waals surface area contributed by atoms with Crippen LogP contribution in [0.4, 0.5) is 0 Å². The van der Waals surface area contributed by atoms with Crippen molar-refractivity contribution in [3.63, 3.8) is 0 Å². The molecule has 6 aromatic rings. The van der Waals surface area contributed by atoms with Crippen LogP contribution in [0.1, 0.15) is 46.6 Å². The number of unbranched alkanes of at least 4 members (excludes halogenated alkanes) is 1. The first-order chi connectivity index (χ1) is 25.3. The number of carbonyl (C=O) groups excluding carboxylic acids is 3. The van der Waals surface area contributed by atoms with E-state index in [1.165, 1.54) is 4.90 Å². The monoisotopic (exact) mass is 736 g/mol. The van der Waals surface area contributed by atoms with Crippen LogP contribution >= 0.6 is 0 Å². The van der Waals surface area contributed by atoms with Gasteiger partial charge >= 0.3 is 51.4 Å². The van der Waals surface area contributed by atoms with Crippen molar-refractivity contribution in [3.8, 4) is 0 Å². The van der Waals surface area contributed by atoms with Gasteiger partial charge in [-0.2, -0.15) is 5.21 Å². The van der Waals surface area contributed by atoms with Gasteiger partial charge in [0.2, 0.25) is 11.8 Å². The smallest absolute Gasteiger partial charge is 0.851 e. The van der Waals surface area contributed by atoms with Crippen LogP contribution < -0.4 is 61.8 Å². The molecule has 3 amide bonds. The van der Waals surface area contributed by atoms with Gasteiger partial charge in [0.1, 0.15) is 12.1 Å². The molecule has 3 atom stereocenters. The van der Waals surface area contributed by atoms with Crippen molar-refractivity contribution < 1.29 is 70.9 Å². The molecule has 12 nitrogen and oxygen atoms in total. The number of aromatic nitrogens is 5. The van der Waals surface area contributed by atoms with Crippen LogP contribution in [0.3, 0.4) is 0 Å². The number of nitrogens with one attached hydrogen (secondary N) is 2. The van der Waals surface area contributed by atoms with Gasteiger partial charge in [0.05, 0.1) is 5.56 Å². The van der Waals surface area contributed by atoms with E-state index in [1.54, 1.807) is 11.9 Å². The number of aryl methyl sites for hydroxylation is 2. The first-order valence-corrected chi connectivity index (χ1v) is 17.7. The number of carbonyl (C=O) groups is 3. The SMILES string of the molecule is CN(Cc1ccccc1)C(=O)[C@@H](Cc1ccc2ccccc2c1)NC(=O)[C@@H]1C[C@H]([O-])CN1C(=O)c1cn(CCCCc2nn[nH]n2)c2ccccc12.[K+]. The molecule has 0 unspecified atom stereocenters. The molecule has 1 aliphatic heterocycles. The van der Waals surface area contributed by atoms with E-state index in [0.29, 0.717) is 30.9 Å². The van der Waals surface area contributed by atoms with Crippen molar-refractivity contribution in [3.05, 3.63) is 126 Å². The van der Waals surface area contributed by atoms with Crippen LogP contribution in [0, 0.1) is 0 Å². The van der Waals surface area contributed by atoms with Gasteiger partial charge in [0.25, 0.3) is 5.91 Å². The molecule has 0 radical (unpaired) electrons. The first-order valence-electron chi connectivity index (χ1n) is 17.7. The number of hydrogen-bond acceptors (Lipinski definition) is 7. The minimum absolute atomic E-state index is 0. The molecule has 13 heteroatoms. The number of rotatable bonds is 13. The van der Waals surface area contributed by atoms with E-state index in [-0.39, 0.29) is 82.6 Å². The molecule has 4 aromatic carbocycles. The normalized spacial score (nSPS) is 16.0. The first kappa shape index (κ1) is 38.5. The van der Waals surface area contributed by atoms with Gasteiger partial charge in [-0.3, -0.25) is 14.4 Å². The Labute approximate surface area is 350 Å². The number of H-pyrrole nitrogens is 1. The summed E-state index contributed by atoms with van der Waals surface area (Å²) < 4.78 is 2.04. The molecule has 1 fully saturated rings. The fourth-order valence-electron chi connectivity index (χ4n) is 7.15. The number of hydrogen-bond donors (Lipinski definition) is 2. The molecule has 53 heavy (non-hydrogen) atoms. The number of amides is 3. The van der Waals surface area contributed by atoms with Crippen molar-refractivity contribution in [2.75, 3.05) is 13.6 Å². The number of likely N-dealkylation sites (N-methyl/N-ethyl adjacent to an activating group) is 1. The Morgan fingerprint density at radius 1 is 0.943 bits per heavy atom. The predicted octanol–water partition coefficient (Wildman–Crippen LogP) is 0.664. The number of para-hydroxylation sites is 1. The molecule has 2 N–H and O–H groups in total. The zero-order chi connectivity index (χ0) is 36.0. The van der Waals surface area contributed by atoms with Crippen molar-refractivity contribution in [1.82, 2.24) is 40.3 Å². The van der Waals surface area contributed by atoms with E-state index >= 15 is 0 Å². The molecule has 0 saturated carbocycles. The van der Waals surface area contributed by atoms with E-state index in [2.05, 4.69) is 25.9 Å². The molecule has 0 aliphatic carbocycles. The van der Waals surface area contributed by atoms with Gasteiger partial charge in [-0.25, -0.2) is 0 Å². The molecule has 3 heterocycles. The Hall–Kier alpha value is -4.24. The summed E-state index contributed by atoms with van der Waals surface area (Å²) in [6.07, 6.45) is 3.24. The number of nitrogens with zero attached hydrogens (tertiary/aromatic N) is 6. The van der Waals surface area contributed by atoms with Crippen molar-refractivity contribution >= 4 is 39.4 Å². The average Bonchev–Trinajstić information content (AvgIpc) is 3.92. The zero-order valence-electron chi connectivity index (χ0n) is 30.0. The van der Waals surface area contributed by atoms with Gasteiger partial charge in [-0.1, -0.05) is 96.2 Å². The Morgan fingerprint density at radius 2 is 1.70 bits per heavy atom. The zero-order valence-corrected chi connectivity index (χ0v) is 33.1. The third-order valence-corrected chi connectivity index (χ3v) is 9.79. The number of likely N-dealkylation sites (tertiary alicyclic amines) is 1. The molecule has 0 spiro atoms. The molecule has 7 rings (SSSR count). The van der Waals surface area contributed by atoms with Crippen LogP contribution in [0.25, 0.3) is 21.7 Å². The minimum atomic E-state index is -1.13. The maximum Gasteiger partial charge on any atom is 1.00 e. The van der Waals surface area contributed by atoms with E-state index in [1.807, 2.05) is 108 Å². The maximum absolute atomic E-state index is 14.3. The summed E-state index contributed by atoms with van der Waals surface area (Å²) in [5.41, 5.74) is 3.18. The second-order valence-corrected chi connectivity index (χ2v) is 13.5. The molecule has 1 aliphatic rings. The minimum Gasteiger partial charge on any atom is -0.851 e. The number of fused-ring (bicyclic) bond motifs is 2. The summed E-state index contributed by atoms with van der Waals surface area (Å²) >= 11 is 0.